The third-order valence-corrected chi connectivity index (χ3v) is 6.45. The van der Waals surface area contributed by atoms with E-state index in [0.29, 0.717) is 0 Å². The van der Waals surface area contributed by atoms with Crippen LogP contribution in [-0.2, 0) is 24.7 Å². The standard InChI is InChI=1S/C28H14F12N4/c29-25(30,31)19-11-23(27(35,36)37)42-21-9-15(5-7-17(19)21)44(14-3-1-13(41)2-4-14)16-6-8-18-20(26(32,33)34)12-24(28(38,39)40)43-22(18)10-16/h1-12H,41H2. The van der Waals surface area contributed by atoms with Gasteiger partial charge in [-0.3, -0.25) is 0 Å². The SMILES string of the molecule is Nc1ccc(N(c2ccc3c(C(F)(F)F)cc(C(F)(F)F)nc3c2)c2ccc3c(C(F)(F)F)cc(C(F)(F)F)nc3c2)cc1. The largest absolute Gasteiger partial charge is 0.433 e. The normalized spacial score (nSPS) is 13.1. The molecule has 0 fully saturated rings. The quantitative estimate of drug-likeness (QED) is 0.159. The van der Waals surface area contributed by atoms with E-state index in [2.05, 4.69) is 9.97 Å². The predicted octanol–water partition coefficient (Wildman–Crippen LogP) is 9.91. The second-order valence-electron chi connectivity index (χ2n) is 9.43. The van der Waals surface area contributed by atoms with E-state index in [-0.39, 0.29) is 34.9 Å². The topological polar surface area (TPSA) is 55.0 Å². The maximum atomic E-state index is 13.7. The van der Waals surface area contributed by atoms with Crippen molar-refractivity contribution in [3.8, 4) is 0 Å². The summed E-state index contributed by atoms with van der Waals surface area (Å²) in [4.78, 5) is 7.89. The van der Waals surface area contributed by atoms with Crippen LogP contribution in [0.4, 0.5) is 75.4 Å². The number of hydrogen-bond acceptors (Lipinski definition) is 4. The Morgan fingerprint density at radius 1 is 0.455 bits per heavy atom. The molecule has 16 heteroatoms. The van der Waals surface area contributed by atoms with Crippen LogP contribution in [0.15, 0.2) is 72.8 Å². The van der Waals surface area contributed by atoms with E-state index in [0.717, 1.165) is 36.4 Å². The molecule has 5 rings (SSSR count). The van der Waals surface area contributed by atoms with Crippen molar-refractivity contribution in [1.29, 1.82) is 0 Å². The molecular weight excluding hydrogens is 620 g/mol. The molecule has 0 aliphatic heterocycles. The van der Waals surface area contributed by atoms with Gasteiger partial charge in [-0.1, -0.05) is 12.1 Å². The molecule has 0 aliphatic carbocycles. The van der Waals surface area contributed by atoms with E-state index in [1.807, 2.05) is 0 Å². The van der Waals surface area contributed by atoms with Gasteiger partial charge in [0.1, 0.15) is 11.4 Å². The van der Waals surface area contributed by atoms with Crippen molar-refractivity contribution in [3.63, 3.8) is 0 Å². The number of rotatable bonds is 3. The first-order chi connectivity index (χ1) is 20.2. The summed E-state index contributed by atoms with van der Waals surface area (Å²) < 4.78 is 163. The molecule has 2 N–H and O–H groups in total. The molecule has 0 aliphatic rings. The molecular formula is C28H14F12N4. The van der Waals surface area contributed by atoms with Gasteiger partial charge in [-0.25, -0.2) is 9.97 Å². The zero-order chi connectivity index (χ0) is 32.4. The van der Waals surface area contributed by atoms with Crippen molar-refractivity contribution in [1.82, 2.24) is 9.97 Å². The van der Waals surface area contributed by atoms with Crippen LogP contribution in [0.3, 0.4) is 0 Å². The lowest BCUT2D eigenvalue weighted by molar-refractivity contribution is -0.146. The van der Waals surface area contributed by atoms with Gasteiger partial charge in [-0.05, 0) is 60.7 Å². The number of fused-ring (bicyclic) bond motifs is 2. The van der Waals surface area contributed by atoms with Gasteiger partial charge in [0, 0.05) is 33.5 Å². The lowest BCUT2D eigenvalue weighted by Gasteiger charge is -2.26. The van der Waals surface area contributed by atoms with Crippen molar-refractivity contribution in [2.75, 3.05) is 10.6 Å². The predicted molar refractivity (Wildman–Crippen MR) is 136 cm³/mol. The first-order valence-electron chi connectivity index (χ1n) is 12.1. The Morgan fingerprint density at radius 3 is 1.16 bits per heavy atom. The summed E-state index contributed by atoms with van der Waals surface area (Å²) in [5.41, 5.74) is -2.53. The molecule has 3 aromatic carbocycles. The maximum Gasteiger partial charge on any atom is 0.433 e. The zero-order valence-electron chi connectivity index (χ0n) is 21.4. The van der Waals surface area contributed by atoms with Gasteiger partial charge >= 0.3 is 24.7 Å². The van der Waals surface area contributed by atoms with Gasteiger partial charge in [0.25, 0.3) is 0 Å². The molecule has 2 heterocycles. The van der Waals surface area contributed by atoms with E-state index in [1.54, 1.807) is 0 Å². The van der Waals surface area contributed by atoms with E-state index < -0.39 is 69.0 Å². The Hall–Kier alpha value is -4.76. The molecule has 0 spiro atoms. The number of benzene rings is 3. The van der Waals surface area contributed by atoms with Gasteiger partial charge in [-0.15, -0.1) is 0 Å². The lowest BCUT2D eigenvalue weighted by atomic mass is 10.0. The Labute approximate surface area is 238 Å². The highest BCUT2D eigenvalue weighted by atomic mass is 19.4. The van der Waals surface area contributed by atoms with Crippen molar-refractivity contribution in [2.24, 2.45) is 0 Å². The fraction of sp³-hybridized carbons (Fsp3) is 0.143. The second kappa shape index (κ2) is 10.2. The minimum atomic E-state index is -5.25. The highest BCUT2D eigenvalue weighted by Crippen LogP contribution is 2.44. The molecule has 44 heavy (non-hydrogen) atoms. The van der Waals surface area contributed by atoms with Crippen molar-refractivity contribution in [2.45, 2.75) is 24.7 Å². The minimum absolute atomic E-state index is 0.134. The number of hydrogen-bond donors (Lipinski definition) is 1. The van der Waals surface area contributed by atoms with Crippen LogP contribution in [-0.4, -0.2) is 9.97 Å². The number of aromatic nitrogens is 2. The van der Waals surface area contributed by atoms with E-state index in [9.17, 15) is 52.7 Å². The summed E-state index contributed by atoms with van der Waals surface area (Å²) in [5.74, 6) is 0. The van der Waals surface area contributed by atoms with Gasteiger partial charge in [0.05, 0.1) is 22.2 Å². The molecule has 0 saturated heterocycles. The molecule has 0 atom stereocenters. The average Bonchev–Trinajstić information content (AvgIpc) is 2.90. The summed E-state index contributed by atoms with van der Waals surface area (Å²) >= 11 is 0. The Kier molecular flexibility index (Phi) is 7.09. The van der Waals surface area contributed by atoms with E-state index in [1.165, 1.54) is 29.2 Å². The Morgan fingerprint density at radius 2 is 0.818 bits per heavy atom. The van der Waals surface area contributed by atoms with Crippen LogP contribution in [0, 0.1) is 0 Å². The lowest BCUT2D eigenvalue weighted by Crippen LogP contribution is -2.15. The van der Waals surface area contributed by atoms with Crippen LogP contribution in [0.1, 0.15) is 22.5 Å². The van der Waals surface area contributed by atoms with Crippen molar-refractivity contribution in [3.05, 3.63) is 95.3 Å². The first-order valence-corrected chi connectivity index (χ1v) is 12.1. The van der Waals surface area contributed by atoms with Gasteiger partial charge in [0.15, 0.2) is 0 Å². The number of pyridine rings is 2. The number of halogens is 12. The van der Waals surface area contributed by atoms with Gasteiger partial charge in [-0.2, -0.15) is 52.7 Å². The fourth-order valence-electron chi connectivity index (χ4n) is 4.54. The molecule has 0 saturated carbocycles. The molecule has 0 amide bonds. The summed E-state index contributed by atoms with van der Waals surface area (Å²) in [5, 5.41) is -1.37. The zero-order valence-corrected chi connectivity index (χ0v) is 21.4. The molecule has 5 aromatic rings. The summed E-state index contributed by atoms with van der Waals surface area (Å²) in [7, 11) is 0. The molecule has 0 bridgehead atoms. The van der Waals surface area contributed by atoms with Crippen LogP contribution < -0.4 is 10.6 Å². The van der Waals surface area contributed by atoms with E-state index >= 15 is 0 Å². The maximum absolute atomic E-state index is 13.7. The first kappa shape index (κ1) is 30.7. The van der Waals surface area contributed by atoms with Gasteiger partial charge < -0.3 is 10.6 Å². The number of alkyl halides is 12. The highest BCUT2D eigenvalue weighted by Gasteiger charge is 2.41. The van der Waals surface area contributed by atoms with Crippen molar-refractivity contribution >= 4 is 44.6 Å². The summed E-state index contributed by atoms with van der Waals surface area (Å²) in [6.45, 7) is 0. The average molecular weight is 634 g/mol. The number of nitrogens with zero attached hydrogens (tertiary/aromatic N) is 3. The third-order valence-electron chi connectivity index (χ3n) is 6.45. The highest BCUT2D eigenvalue weighted by molar-refractivity contribution is 5.92. The fourth-order valence-corrected chi connectivity index (χ4v) is 4.54. The molecule has 4 nitrogen and oxygen atoms in total. The minimum Gasteiger partial charge on any atom is -0.399 e. The van der Waals surface area contributed by atoms with Gasteiger partial charge in [0.2, 0.25) is 0 Å². The van der Waals surface area contributed by atoms with Crippen molar-refractivity contribution < 1.29 is 52.7 Å². The van der Waals surface area contributed by atoms with Crippen LogP contribution >= 0.6 is 0 Å². The third kappa shape index (κ3) is 5.88. The summed E-state index contributed by atoms with van der Waals surface area (Å²) in [6, 6.07) is 10.8. The molecule has 2 aromatic heterocycles. The van der Waals surface area contributed by atoms with Crippen LogP contribution in [0.5, 0.6) is 0 Å². The monoisotopic (exact) mass is 634 g/mol. The molecule has 0 unspecified atom stereocenters. The molecule has 230 valence electrons. The number of nitrogen functional groups attached to an aromatic ring is 1. The van der Waals surface area contributed by atoms with Crippen LogP contribution in [0.2, 0.25) is 0 Å². The Balaban J connectivity index is 1.79. The summed E-state index contributed by atoms with van der Waals surface area (Å²) in [6.07, 6.45) is -20.9. The smallest absolute Gasteiger partial charge is 0.399 e. The second-order valence-corrected chi connectivity index (χ2v) is 9.43. The van der Waals surface area contributed by atoms with E-state index in [4.69, 9.17) is 5.73 Å². The molecule has 0 radical (unpaired) electrons. The number of anilines is 4. The van der Waals surface area contributed by atoms with Crippen LogP contribution in [0.25, 0.3) is 21.8 Å². The Bertz CT molecular complexity index is 1760. The number of nitrogens with two attached hydrogens (primary N) is 1.